The smallest absolute Gasteiger partial charge is 0.432 e. The van der Waals surface area contributed by atoms with E-state index in [0.29, 0.717) is 49.0 Å². The summed E-state index contributed by atoms with van der Waals surface area (Å²) in [7, 11) is 2.06. The van der Waals surface area contributed by atoms with E-state index >= 15 is 0 Å². The average Bonchev–Trinajstić information content (AvgIpc) is 3.05. The molecular weight excluding hydrogens is 653 g/mol. The molecule has 1 N–H and O–H groups in total. The maximum Gasteiger partial charge on any atom is 0.432 e. The molecule has 2 unspecified atom stereocenters. The zero-order valence-corrected chi connectivity index (χ0v) is 29.9. The van der Waals surface area contributed by atoms with E-state index < -0.39 is 52.7 Å². The summed E-state index contributed by atoms with van der Waals surface area (Å²) in [4.78, 5) is 38.6. The third-order valence-electron chi connectivity index (χ3n) is 8.38. The topological polar surface area (TPSA) is 108 Å². The number of phenolic OH excluding ortho intramolecular Hbond substituents is 1. The van der Waals surface area contributed by atoms with Gasteiger partial charge in [0.25, 0.3) is 5.60 Å². The van der Waals surface area contributed by atoms with Gasteiger partial charge in [-0.1, -0.05) is 61.1 Å². The van der Waals surface area contributed by atoms with E-state index in [-0.39, 0.29) is 12.2 Å². The molecule has 0 amide bonds. The summed E-state index contributed by atoms with van der Waals surface area (Å²) < 4.78 is 64.4. The molecule has 0 saturated carbocycles. The Morgan fingerprint density at radius 2 is 1.68 bits per heavy atom. The molecule has 0 heterocycles. The van der Waals surface area contributed by atoms with Crippen LogP contribution in [0.2, 0.25) is 0 Å². The van der Waals surface area contributed by atoms with E-state index in [1.165, 1.54) is 43.5 Å². The number of allylic oxidation sites excluding steroid dienone is 3. The van der Waals surface area contributed by atoms with Crippen LogP contribution in [0.4, 0.5) is 13.2 Å². The molecule has 4 atom stereocenters. The highest BCUT2D eigenvalue weighted by Gasteiger charge is 2.64. The van der Waals surface area contributed by atoms with E-state index in [1.807, 2.05) is 13.8 Å². The normalized spacial score (nSPS) is 15.4. The Bertz CT molecular complexity index is 1530. The predicted molar refractivity (Wildman–Crippen MR) is 185 cm³/mol. The van der Waals surface area contributed by atoms with Crippen molar-refractivity contribution in [1.29, 1.82) is 0 Å². The molecule has 0 saturated heterocycles. The molecule has 8 nitrogen and oxygen atoms in total. The molecule has 0 fully saturated rings. The minimum absolute atomic E-state index is 0.00255. The quantitative estimate of drug-likeness (QED) is 0.115. The van der Waals surface area contributed by atoms with Crippen molar-refractivity contribution >= 4 is 17.7 Å². The van der Waals surface area contributed by atoms with Crippen molar-refractivity contribution in [3.8, 4) is 11.5 Å². The molecule has 0 radical (unpaired) electrons. The Balaban J connectivity index is 2.06. The van der Waals surface area contributed by atoms with Crippen LogP contribution in [0.25, 0.3) is 0 Å². The van der Waals surface area contributed by atoms with Crippen LogP contribution in [0.15, 0.2) is 84.5 Å². The van der Waals surface area contributed by atoms with Gasteiger partial charge in [-0.3, -0.25) is 9.59 Å². The van der Waals surface area contributed by atoms with Crippen molar-refractivity contribution in [3.05, 3.63) is 95.6 Å². The van der Waals surface area contributed by atoms with E-state index in [0.717, 1.165) is 24.8 Å². The van der Waals surface area contributed by atoms with Crippen LogP contribution in [0.3, 0.4) is 0 Å². The lowest BCUT2D eigenvalue weighted by Crippen LogP contribution is -2.53. The third-order valence-corrected chi connectivity index (χ3v) is 8.38. The number of methoxy groups -OCH3 is 2. The van der Waals surface area contributed by atoms with Gasteiger partial charge in [-0.25, -0.2) is 4.79 Å². The Kier molecular flexibility index (Phi) is 15.5. The molecule has 0 bridgehead atoms. The van der Waals surface area contributed by atoms with Crippen molar-refractivity contribution < 1.29 is 51.6 Å². The second kappa shape index (κ2) is 18.6. The molecule has 0 aliphatic carbocycles. The number of ether oxygens (including phenoxy) is 4. The summed E-state index contributed by atoms with van der Waals surface area (Å²) in [6, 6.07) is 11.0. The molecule has 50 heavy (non-hydrogen) atoms. The van der Waals surface area contributed by atoms with Gasteiger partial charge in [0.1, 0.15) is 17.1 Å². The zero-order valence-electron chi connectivity index (χ0n) is 29.9. The van der Waals surface area contributed by atoms with Crippen molar-refractivity contribution in [2.45, 2.75) is 96.6 Å². The van der Waals surface area contributed by atoms with Gasteiger partial charge in [0, 0.05) is 24.2 Å². The van der Waals surface area contributed by atoms with Crippen LogP contribution >= 0.6 is 0 Å². The Hall–Kier alpha value is -4.38. The lowest BCUT2D eigenvalue weighted by molar-refractivity contribution is -0.277. The molecule has 2 aromatic carbocycles. The lowest BCUT2D eigenvalue weighted by Gasteiger charge is -2.33. The number of Topliss-reactive ketones (excluding diaryl/α,β-unsaturated/α-hetero) is 1. The summed E-state index contributed by atoms with van der Waals surface area (Å²) in [5, 5.41) is 9.90. The van der Waals surface area contributed by atoms with Crippen LogP contribution in [-0.2, 0) is 40.6 Å². The predicted octanol–water partition coefficient (Wildman–Crippen LogP) is 8.52. The van der Waals surface area contributed by atoms with Crippen molar-refractivity contribution in [3.63, 3.8) is 0 Å². The summed E-state index contributed by atoms with van der Waals surface area (Å²) in [5.74, 6) is -2.89. The minimum Gasteiger partial charge on any atom is -0.508 e. The van der Waals surface area contributed by atoms with Gasteiger partial charge in [-0.15, -0.1) is 0 Å². The van der Waals surface area contributed by atoms with Gasteiger partial charge in [0.15, 0.2) is 11.9 Å². The number of carbonyl (C=O) groups excluding carboxylic acids is 3. The second-order valence-electron chi connectivity index (χ2n) is 12.8. The SMILES string of the molecule is C=CC(C)(CC/C=C(\C)CCCC(C)C(=O)[C@H](C=C(C)C)OC(=O)[C@](OC)(c1ccccc1)C(F)(F)F)Oc1ccc(O)cc1CC(=O)OC. The second-order valence-corrected chi connectivity index (χ2v) is 12.8. The van der Waals surface area contributed by atoms with E-state index in [1.54, 1.807) is 32.9 Å². The van der Waals surface area contributed by atoms with Crippen LogP contribution in [0.1, 0.15) is 77.8 Å². The summed E-state index contributed by atoms with van der Waals surface area (Å²) in [6.45, 7) is 12.7. The number of ketones is 1. The first-order valence-electron chi connectivity index (χ1n) is 16.4. The first-order valence-corrected chi connectivity index (χ1v) is 16.4. The Labute approximate surface area is 293 Å². The number of benzene rings is 2. The van der Waals surface area contributed by atoms with Crippen LogP contribution in [0.5, 0.6) is 11.5 Å². The first kappa shape index (κ1) is 41.8. The van der Waals surface area contributed by atoms with E-state index in [4.69, 9.17) is 18.9 Å². The van der Waals surface area contributed by atoms with Crippen LogP contribution in [0, 0.1) is 5.92 Å². The fraction of sp³-hybridized carbons (Fsp3) is 0.462. The number of hydrogen-bond acceptors (Lipinski definition) is 8. The van der Waals surface area contributed by atoms with E-state index in [2.05, 4.69) is 12.7 Å². The molecule has 2 rings (SSSR count). The number of phenols is 1. The average molecular weight is 703 g/mol. The van der Waals surface area contributed by atoms with Crippen LogP contribution < -0.4 is 4.74 Å². The van der Waals surface area contributed by atoms with Gasteiger partial charge in [0.05, 0.1) is 13.5 Å². The van der Waals surface area contributed by atoms with Gasteiger partial charge in [0.2, 0.25) is 0 Å². The largest absolute Gasteiger partial charge is 0.508 e. The first-order chi connectivity index (χ1) is 23.4. The summed E-state index contributed by atoms with van der Waals surface area (Å²) in [5.41, 5.74) is -2.51. The molecule has 0 aliphatic rings. The number of carbonyl (C=O) groups is 3. The fourth-order valence-electron chi connectivity index (χ4n) is 5.36. The standard InChI is InChI=1S/C39H49F3O8/c1-9-37(6,50-32-21-20-31(43)24-29(32)25-34(44)47-7)22-14-16-27(4)15-13-17-28(5)35(45)33(23-26(2)3)49-36(46)38(48-8,39(40,41)42)30-18-11-10-12-19-30/h9-12,16,18-21,23-24,28,33,43H,1,13-15,17,22,25H2,2-8H3/b27-16+/t28?,33-,37?,38+/m0/s1. The minimum atomic E-state index is -5.16. The monoisotopic (exact) mass is 702 g/mol. The highest BCUT2D eigenvalue weighted by Crippen LogP contribution is 2.43. The third kappa shape index (κ3) is 11.3. The maximum atomic E-state index is 14.4. The number of halogens is 3. The molecule has 0 aliphatic heterocycles. The number of alkyl halides is 3. The molecular formula is C39H49F3O8. The highest BCUT2D eigenvalue weighted by atomic mass is 19.4. The van der Waals surface area contributed by atoms with Gasteiger partial charge >= 0.3 is 18.1 Å². The van der Waals surface area contributed by atoms with Crippen molar-refractivity contribution in [2.75, 3.05) is 14.2 Å². The number of esters is 2. The molecule has 11 heteroatoms. The number of aromatic hydroxyl groups is 1. The summed E-state index contributed by atoms with van der Waals surface area (Å²) in [6.07, 6.45) is 1.20. The molecule has 0 aromatic heterocycles. The van der Waals surface area contributed by atoms with Gasteiger partial charge < -0.3 is 24.1 Å². The van der Waals surface area contributed by atoms with Gasteiger partial charge in [-0.2, -0.15) is 13.2 Å². The molecule has 0 spiro atoms. The maximum absolute atomic E-state index is 14.4. The van der Waals surface area contributed by atoms with Crippen molar-refractivity contribution in [2.24, 2.45) is 5.92 Å². The number of hydrogen-bond donors (Lipinski definition) is 1. The Morgan fingerprint density at radius 1 is 1.02 bits per heavy atom. The van der Waals surface area contributed by atoms with Crippen LogP contribution in [-0.4, -0.2) is 54.9 Å². The number of rotatable bonds is 19. The summed E-state index contributed by atoms with van der Waals surface area (Å²) >= 11 is 0. The fourth-order valence-corrected chi connectivity index (χ4v) is 5.36. The Morgan fingerprint density at radius 3 is 2.24 bits per heavy atom. The van der Waals surface area contributed by atoms with Gasteiger partial charge in [-0.05, 0) is 90.2 Å². The van der Waals surface area contributed by atoms with E-state index in [9.17, 15) is 32.7 Å². The molecule has 274 valence electrons. The zero-order chi connectivity index (χ0) is 37.7. The molecule has 2 aromatic rings. The van der Waals surface area contributed by atoms with Crippen molar-refractivity contribution in [1.82, 2.24) is 0 Å². The highest BCUT2D eigenvalue weighted by molar-refractivity contribution is 5.91. The lowest BCUT2D eigenvalue weighted by atomic mass is 9.91.